The van der Waals surface area contributed by atoms with E-state index in [4.69, 9.17) is 9.47 Å². The van der Waals surface area contributed by atoms with Gasteiger partial charge < -0.3 is 14.4 Å². The van der Waals surface area contributed by atoms with Crippen molar-refractivity contribution in [2.45, 2.75) is 37.1 Å². The Labute approximate surface area is 176 Å². The maximum absolute atomic E-state index is 13.0. The molecule has 1 fully saturated rings. The van der Waals surface area contributed by atoms with E-state index in [-0.39, 0.29) is 16.7 Å². The van der Waals surface area contributed by atoms with Crippen LogP contribution in [0, 0.1) is 5.92 Å². The lowest BCUT2D eigenvalue weighted by Crippen LogP contribution is -2.30. The predicted molar refractivity (Wildman–Crippen MR) is 111 cm³/mol. The van der Waals surface area contributed by atoms with Crippen molar-refractivity contribution in [1.29, 1.82) is 0 Å². The van der Waals surface area contributed by atoms with E-state index in [1.165, 1.54) is 0 Å². The first-order valence-corrected chi connectivity index (χ1v) is 11.8. The van der Waals surface area contributed by atoms with Crippen molar-refractivity contribution < 1.29 is 22.7 Å². The maximum Gasteiger partial charge on any atom is 0.241 e. The Morgan fingerprint density at radius 2 is 1.87 bits per heavy atom. The molecule has 0 saturated heterocycles. The lowest BCUT2D eigenvalue weighted by molar-refractivity contribution is -0.119. The number of benzene rings is 2. The van der Waals surface area contributed by atoms with Gasteiger partial charge in [0.25, 0.3) is 0 Å². The topological polar surface area (TPSA) is 84.9 Å². The summed E-state index contributed by atoms with van der Waals surface area (Å²) in [6.45, 7) is 3.41. The second kappa shape index (κ2) is 7.28. The normalized spacial score (nSPS) is 18.8. The zero-order valence-corrected chi connectivity index (χ0v) is 17.6. The highest BCUT2D eigenvalue weighted by molar-refractivity contribution is 7.89. The van der Waals surface area contributed by atoms with E-state index in [1.54, 1.807) is 36.1 Å². The number of nitrogens with one attached hydrogen (secondary N) is 1. The molecule has 158 valence electrons. The molecule has 1 atom stereocenters. The summed E-state index contributed by atoms with van der Waals surface area (Å²) >= 11 is 0. The molecule has 0 spiro atoms. The van der Waals surface area contributed by atoms with Crippen LogP contribution in [0.15, 0.2) is 41.3 Å². The molecule has 1 aliphatic carbocycles. The molecule has 0 aromatic heterocycles. The number of anilines is 1. The van der Waals surface area contributed by atoms with Gasteiger partial charge in [0.05, 0.1) is 4.90 Å². The number of hydrogen-bond donors (Lipinski definition) is 1. The van der Waals surface area contributed by atoms with Gasteiger partial charge in [0, 0.05) is 24.2 Å². The number of ether oxygens (including phenoxy) is 2. The summed E-state index contributed by atoms with van der Waals surface area (Å²) in [7, 11) is -3.72. The Kier molecular flexibility index (Phi) is 4.71. The number of sulfonamides is 1. The van der Waals surface area contributed by atoms with Crippen LogP contribution in [-0.4, -0.2) is 34.1 Å². The van der Waals surface area contributed by atoms with Crippen molar-refractivity contribution in [3.05, 3.63) is 47.5 Å². The van der Waals surface area contributed by atoms with Gasteiger partial charge in [0.1, 0.15) is 13.2 Å². The molecular weight excluding hydrogens is 404 g/mol. The van der Waals surface area contributed by atoms with E-state index in [0.717, 1.165) is 29.7 Å². The minimum absolute atomic E-state index is 0.146. The minimum atomic E-state index is -3.72. The lowest BCUT2D eigenvalue weighted by atomic mass is 10.1. The molecule has 8 heteroatoms. The Bertz CT molecular complexity index is 1110. The predicted octanol–water partition coefficient (Wildman–Crippen LogP) is 2.80. The van der Waals surface area contributed by atoms with Gasteiger partial charge in [0.15, 0.2) is 11.5 Å². The van der Waals surface area contributed by atoms with Gasteiger partial charge in [-0.15, -0.1) is 0 Å². The van der Waals surface area contributed by atoms with Crippen molar-refractivity contribution in [2.24, 2.45) is 5.92 Å². The Balaban J connectivity index is 1.34. The summed E-state index contributed by atoms with van der Waals surface area (Å²) in [4.78, 5) is 14.4. The quantitative estimate of drug-likeness (QED) is 0.792. The number of rotatable bonds is 5. The number of nitrogens with zero attached hydrogens (tertiary/aromatic N) is 1. The highest BCUT2D eigenvalue weighted by Crippen LogP contribution is 2.37. The van der Waals surface area contributed by atoms with Gasteiger partial charge in [-0.1, -0.05) is 6.07 Å². The molecule has 3 aliphatic rings. The van der Waals surface area contributed by atoms with Crippen LogP contribution in [-0.2, 0) is 21.2 Å². The average molecular weight is 429 g/mol. The molecule has 0 bridgehead atoms. The van der Waals surface area contributed by atoms with E-state index in [0.29, 0.717) is 37.7 Å². The van der Waals surface area contributed by atoms with Crippen LogP contribution in [0.5, 0.6) is 11.5 Å². The number of carbonyl (C=O) groups is 1. The van der Waals surface area contributed by atoms with Gasteiger partial charge in [-0.2, -0.15) is 0 Å². The third-order valence-corrected chi connectivity index (χ3v) is 7.39. The fourth-order valence-corrected chi connectivity index (χ4v) is 5.31. The van der Waals surface area contributed by atoms with Crippen LogP contribution in [0.2, 0.25) is 0 Å². The standard InChI is InChI=1S/C22H24N2O5S/c1-14(16-4-7-20-21(13-16)29-11-10-28-20)23-30(26,27)18-5-6-19-17(12-18)8-9-24(19)22(25)15-2-3-15/h4-7,12-15,23H,2-3,8-11H2,1H3/t14-/m1/s1. The van der Waals surface area contributed by atoms with Crippen LogP contribution in [0.3, 0.4) is 0 Å². The fourth-order valence-electron chi connectivity index (χ4n) is 4.02. The summed E-state index contributed by atoms with van der Waals surface area (Å²) in [5.74, 6) is 1.61. The molecule has 1 saturated carbocycles. The summed E-state index contributed by atoms with van der Waals surface area (Å²) in [6, 6.07) is 10.0. The number of carbonyl (C=O) groups excluding carboxylic acids is 1. The molecule has 30 heavy (non-hydrogen) atoms. The Morgan fingerprint density at radius 1 is 1.10 bits per heavy atom. The van der Waals surface area contributed by atoms with Crippen molar-refractivity contribution in [2.75, 3.05) is 24.7 Å². The second-order valence-corrected chi connectivity index (χ2v) is 9.76. The average Bonchev–Trinajstić information content (AvgIpc) is 3.51. The highest BCUT2D eigenvalue weighted by atomic mass is 32.2. The molecule has 0 unspecified atom stereocenters. The molecule has 2 heterocycles. The van der Waals surface area contributed by atoms with Gasteiger partial charge >= 0.3 is 0 Å². The van der Waals surface area contributed by atoms with E-state index >= 15 is 0 Å². The first-order valence-electron chi connectivity index (χ1n) is 10.3. The fraction of sp³-hybridized carbons (Fsp3) is 0.409. The van der Waals surface area contributed by atoms with Crippen LogP contribution in [0.1, 0.15) is 36.9 Å². The molecule has 2 aromatic carbocycles. The summed E-state index contributed by atoms with van der Waals surface area (Å²) < 4.78 is 39.8. The third-order valence-electron chi connectivity index (χ3n) is 5.85. The zero-order valence-electron chi connectivity index (χ0n) is 16.8. The second-order valence-electron chi connectivity index (χ2n) is 8.05. The van der Waals surface area contributed by atoms with Crippen LogP contribution >= 0.6 is 0 Å². The van der Waals surface area contributed by atoms with Crippen LogP contribution < -0.4 is 19.1 Å². The Hall–Kier alpha value is -2.58. The molecule has 5 rings (SSSR count). The maximum atomic E-state index is 13.0. The Morgan fingerprint density at radius 3 is 2.63 bits per heavy atom. The zero-order chi connectivity index (χ0) is 20.9. The monoisotopic (exact) mass is 428 g/mol. The first kappa shape index (κ1) is 19.4. The van der Waals surface area contributed by atoms with E-state index in [9.17, 15) is 13.2 Å². The van der Waals surface area contributed by atoms with E-state index < -0.39 is 16.1 Å². The third kappa shape index (κ3) is 3.54. The largest absolute Gasteiger partial charge is 0.486 e. The molecule has 2 aromatic rings. The highest BCUT2D eigenvalue weighted by Gasteiger charge is 2.36. The molecule has 1 N–H and O–H groups in total. The lowest BCUT2D eigenvalue weighted by Gasteiger charge is -2.21. The SMILES string of the molecule is C[C@@H](NS(=O)(=O)c1ccc2c(c1)CCN2C(=O)C1CC1)c1ccc2c(c1)OCCO2. The van der Waals surface area contributed by atoms with Gasteiger partial charge in [-0.3, -0.25) is 4.79 Å². The smallest absolute Gasteiger partial charge is 0.241 e. The van der Waals surface area contributed by atoms with Crippen molar-refractivity contribution in [1.82, 2.24) is 4.72 Å². The molecule has 0 radical (unpaired) electrons. The van der Waals surface area contributed by atoms with Crippen LogP contribution in [0.4, 0.5) is 5.69 Å². The van der Waals surface area contributed by atoms with Gasteiger partial charge in [-0.05, 0) is 67.6 Å². The first-order chi connectivity index (χ1) is 14.4. The van der Waals surface area contributed by atoms with E-state index in [2.05, 4.69) is 4.72 Å². The molecule has 1 amide bonds. The minimum Gasteiger partial charge on any atom is -0.486 e. The molecule has 7 nitrogen and oxygen atoms in total. The van der Waals surface area contributed by atoms with Gasteiger partial charge in [-0.25, -0.2) is 13.1 Å². The summed E-state index contributed by atoms with van der Waals surface area (Å²) in [6.07, 6.45) is 2.59. The van der Waals surface area contributed by atoms with Gasteiger partial charge in [0.2, 0.25) is 15.9 Å². The van der Waals surface area contributed by atoms with Crippen molar-refractivity contribution in [3.8, 4) is 11.5 Å². The summed E-state index contributed by atoms with van der Waals surface area (Å²) in [5.41, 5.74) is 2.54. The number of amides is 1. The number of hydrogen-bond acceptors (Lipinski definition) is 5. The summed E-state index contributed by atoms with van der Waals surface area (Å²) in [5, 5.41) is 0. The van der Waals surface area contributed by atoms with E-state index in [1.807, 2.05) is 12.1 Å². The number of fused-ring (bicyclic) bond motifs is 2. The molecular formula is C22H24N2O5S. The van der Waals surface area contributed by atoms with Crippen molar-refractivity contribution in [3.63, 3.8) is 0 Å². The molecule has 2 aliphatic heterocycles. The van der Waals surface area contributed by atoms with Crippen LogP contribution in [0.25, 0.3) is 0 Å². The van der Waals surface area contributed by atoms with Crippen molar-refractivity contribution >= 4 is 21.6 Å².